The molecule has 0 spiro atoms. The Morgan fingerprint density at radius 2 is 2.15 bits per heavy atom. The minimum absolute atomic E-state index is 0.0651. The van der Waals surface area contributed by atoms with Crippen molar-refractivity contribution in [1.29, 1.82) is 5.26 Å². The summed E-state index contributed by atoms with van der Waals surface area (Å²) in [5.74, 6) is 0.421. The summed E-state index contributed by atoms with van der Waals surface area (Å²) in [5, 5.41) is 19.7. The average molecular weight is 432 g/mol. The number of aromatic nitrogens is 1. The molecule has 1 aromatic rings. The molecule has 142 valence electrons. The number of carbonyl (C=O) groups excluding carboxylic acids is 1. The van der Waals surface area contributed by atoms with Gasteiger partial charge in [0, 0.05) is 12.2 Å². The van der Waals surface area contributed by atoms with Crippen molar-refractivity contribution in [3.05, 3.63) is 46.5 Å². The summed E-state index contributed by atoms with van der Waals surface area (Å²) in [6.45, 7) is 3.60. The van der Waals surface area contributed by atoms with Crippen molar-refractivity contribution in [2.75, 3.05) is 0 Å². The van der Waals surface area contributed by atoms with Crippen LogP contribution in [0, 0.1) is 11.3 Å². The second-order valence-corrected chi connectivity index (χ2v) is 6.90. The number of pyridine rings is 1. The summed E-state index contributed by atoms with van der Waals surface area (Å²) in [7, 11) is 0. The van der Waals surface area contributed by atoms with E-state index in [0.29, 0.717) is 21.6 Å². The fraction of sp³-hybridized carbons (Fsp3) is 0.421. The number of ether oxygens (including phenoxy) is 1. The van der Waals surface area contributed by atoms with Crippen LogP contribution in [0.2, 0.25) is 0 Å². The number of nitriles is 1. The Hall–Kier alpha value is -2.53. The molecule has 1 fully saturated rings. The van der Waals surface area contributed by atoms with Crippen LogP contribution in [0.1, 0.15) is 45.2 Å². The first-order valence-corrected chi connectivity index (χ1v) is 9.58. The van der Waals surface area contributed by atoms with E-state index in [1.54, 1.807) is 31.3 Å². The summed E-state index contributed by atoms with van der Waals surface area (Å²) in [6.07, 6.45) is 9.86. The quantitative estimate of drug-likeness (QED) is 0.532. The highest BCUT2D eigenvalue weighted by Crippen LogP contribution is 2.26. The zero-order chi connectivity index (χ0) is 19.6. The molecule has 0 saturated heterocycles. The molecule has 0 radical (unpaired) electrons. The van der Waals surface area contributed by atoms with Gasteiger partial charge in [0.1, 0.15) is 17.5 Å². The van der Waals surface area contributed by atoms with Gasteiger partial charge in [-0.3, -0.25) is 4.79 Å². The third kappa shape index (κ3) is 6.29. The molecule has 27 heavy (non-hydrogen) atoms. The number of allylic oxidation sites excluding steroid dienone is 2. The van der Waals surface area contributed by atoms with Crippen LogP contribution in [0.4, 0.5) is 0 Å². The summed E-state index contributed by atoms with van der Waals surface area (Å²) in [4.78, 5) is 16.3. The van der Waals surface area contributed by atoms with Crippen LogP contribution in [-0.4, -0.2) is 23.0 Å². The largest absolute Gasteiger partial charge is 0.489 e. The van der Waals surface area contributed by atoms with Gasteiger partial charge >= 0.3 is 0 Å². The fourth-order valence-corrected chi connectivity index (χ4v) is 3.16. The van der Waals surface area contributed by atoms with E-state index >= 15 is 0 Å². The maximum atomic E-state index is 12.3. The molecular formula is C19H22BrN5O2. The average Bonchev–Trinajstić information content (AvgIpc) is 2.67. The zero-order valence-electron chi connectivity index (χ0n) is 15.4. The molecule has 1 saturated carbocycles. The van der Waals surface area contributed by atoms with Crippen LogP contribution < -0.4 is 10.1 Å². The molecule has 8 heteroatoms. The Kier molecular flexibility index (Phi) is 8.14. The van der Waals surface area contributed by atoms with Gasteiger partial charge < -0.3 is 10.1 Å². The summed E-state index contributed by atoms with van der Waals surface area (Å²) < 4.78 is 6.58. The van der Waals surface area contributed by atoms with Crippen molar-refractivity contribution in [2.24, 2.45) is 10.2 Å². The van der Waals surface area contributed by atoms with E-state index < -0.39 is 0 Å². The lowest BCUT2D eigenvalue weighted by Crippen LogP contribution is -2.40. The van der Waals surface area contributed by atoms with Crippen LogP contribution in [0.25, 0.3) is 0 Å². The molecule has 0 aliphatic heterocycles. The highest BCUT2D eigenvalue weighted by atomic mass is 79.9. The highest BCUT2D eigenvalue weighted by molar-refractivity contribution is 9.10. The monoisotopic (exact) mass is 431 g/mol. The third-order valence-electron chi connectivity index (χ3n) is 4.12. The third-order valence-corrected chi connectivity index (χ3v) is 4.73. The molecule has 0 bridgehead atoms. The SMILES string of the molecule is C\C=C(/N=N/C=C/C)C(=O)NC1CCC(Oc2cnc(C#N)c(Br)c2)CC1. The number of nitrogens with one attached hydrogen (secondary N) is 1. The van der Waals surface area contributed by atoms with Crippen molar-refractivity contribution in [2.45, 2.75) is 51.7 Å². The van der Waals surface area contributed by atoms with Gasteiger partial charge in [-0.25, -0.2) is 4.98 Å². The van der Waals surface area contributed by atoms with Crippen LogP contribution in [0.5, 0.6) is 5.75 Å². The smallest absolute Gasteiger partial charge is 0.271 e. The molecule has 0 atom stereocenters. The molecule has 0 aromatic carbocycles. The van der Waals surface area contributed by atoms with Crippen molar-refractivity contribution in [1.82, 2.24) is 10.3 Å². The van der Waals surface area contributed by atoms with Gasteiger partial charge in [-0.1, -0.05) is 12.2 Å². The van der Waals surface area contributed by atoms with E-state index in [-0.39, 0.29) is 18.1 Å². The molecular weight excluding hydrogens is 410 g/mol. The lowest BCUT2D eigenvalue weighted by molar-refractivity contribution is -0.118. The standard InChI is InChI=1S/C19H22BrN5O2/c1-3-9-23-25-17(4-2)19(26)24-13-5-7-14(8-6-13)27-15-10-16(20)18(11-21)22-12-15/h3-4,9-10,12-14H,5-8H2,1-2H3,(H,24,26)/b9-3+,17-4-,25-23+. The first kappa shape index (κ1) is 20.8. The van der Waals surface area contributed by atoms with Crippen LogP contribution >= 0.6 is 15.9 Å². The number of rotatable bonds is 6. The van der Waals surface area contributed by atoms with E-state index in [0.717, 1.165) is 25.7 Å². The van der Waals surface area contributed by atoms with E-state index in [4.69, 9.17) is 10.00 Å². The van der Waals surface area contributed by atoms with E-state index in [1.165, 1.54) is 6.20 Å². The van der Waals surface area contributed by atoms with Crippen molar-refractivity contribution >= 4 is 21.8 Å². The maximum Gasteiger partial charge on any atom is 0.271 e. The molecule has 1 aromatic heterocycles. The molecule has 1 aliphatic rings. The van der Waals surface area contributed by atoms with Gasteiger partial charge in [-0.05, 0) is 61.5 Å². The van der Waals surface area contributed by atoms with E-state index in [9.17, 15) is 4.79 Å². The van der Waals surface area contributed by atoms with Gasteiger partial charge in [0.2, 0.25) is 0 Å². The predicted molar refractivity (Wildman–Crippen MR) is 105 cm³/mol. The molecule has 1 heterocycles. The maximum absolute atomic E-state index is 12.3. The number of halogens is 1. The number of nitrogens with zero attached hydrogens (tertiary/aromatic N) is 4. The lowest BCUT2D eigenvalue weighted by Gasteiger charge is -2.29. The molecule has 1 N–H and O–H groups in total. The molecule has 0 unspecified atom stereocenters. The summed E-state index contributed by atoms with van der Waals surface area (Å²) >= 11 is 3.31. The van der Waals surface area contributed by atoms with Crippen molar-refractivity contribution < 1.29 is 9.53 Å². The minimum atomic E-state index is -0.213. The summed E-state index contributed by atoms with van der Waals surface area (Å²) in [6, 6.07) is 3.85. The van der Waals surface area contributed by atoms with E-state index in [2.05, 4.69) is 36.5 Å². The first-order valence-electron chi connectivity index (χ1n) is 8.78. The number of azo groups is 1. The van der Waals surface area contributed by atoms with Gasteiger partial charge in [0.05, 0.1) is 16.8 Å². The normalized spacial score (nSPS) is 20.6. The van der Waals surface area contributed by atoms with Gasteiger partial charge in [-0.15, -0.1) is 5.11 Å². The predicted octanol–water partition coefficient (Wildman–Crippen LogP) is 4.41. The topological polar surface area (TPSA) is 99.7 Å². The Bertz CT molecular complexity index is 790. The molecule has 7 nitrogen and oxygen atoms in total. The van der Waals surface area contributed by atoms with Crippen LogP contribution in [-0.2, 0) is 4.79 Å². The molecule has 1 aliphatic carbocycles. The van der Waals surface area contributed by atoms with E-state index in [1.807, 2.05) is 13.0 Å². The van der Waals surface area contributed by atoms with Crippen molar-refractivity contribution in [3.8, 4) is 11.8 Å². The summed E-state index contributed by atoms with van der Waals surface area (Å²) in [5.41, 5.74) is 0.639. The Balaban J connectivity index is 1.83. The first-order chi connectivity index (χ1) is 13.1. The van der Waals surface area contributed by atoms with Crippen molar-refractivity contribution in [3.63, 3.8) is 0 Å². The second-order valence-electron chi connectivity index (χ2n) is 6.05. The number of amides is 1. The number of hydrogen-bond donors (Lipinski definition) is 1. The Morgan fingerprint density at radius 1 is 1.41 bits per heavy atom. The number of hydrogen-bond acceptors (Lipinski definition) is 6. The second kappa shape index (κ2) is 10.6. The number of carbonyl (C=O) groups is 1. The van der Waals surface area contributed by atoms with Crippen LogP contribution in [0.3, 0.4) is 0 Å². The van der Waals surface area contributed by atoms with Gasteiger partial charge in [-0.2, -0.15) is 10.4 Å². The van der Waals surface area contributed by atoms with Gasteiger partial charge in [0.25, 0.3) is 5.91 Å². The Labute approximate surface area is 167 Å². The Morgan fingerprint density at radius 3 is 2.74 bits per heavy atom. The van der Waals surface area contributed by atoms with Gasteiger partial charge in [0.15, 0.2) is 5.69 Å². The molecule has 1 amide bonds. The molecule has 2 rings (SSSR count). The fourth-order valence-electron chi connectivity index (χ4n) is 2.74. The zero-order valence-corrected chi connectivity index (χ0v) is 16.9. The minimum Gasteiger partial charge on any atom is -0.489 e. The van der Waals surface area contributed by atoms with Crippen LogP contribution in [0.15, 0.2) is 51.0 Å². The highest BCUT2D eigenvalue weighted by Gasteiger charge is 2.24. The lowest BCUT2D eigenvalue weighted by atomic mass is 9.93.